The van der Waals surface area contributed by atoms with Crippen molar-refractivity contribution >= 4 is 23.5 Å². The van der Waals surface area contributed by atoms with Crippen LogP contribution in [-0.4, -0.2) is 38.8 Å². The molecule has 1 heterocycles. The Morgan fingerprint density at radius 1 is 1.30 bits per heavy atom. The molecule has 1 unspecified atom stereocenters. The first-order valence-corrected chi connectivity index (χ1v) is 7.34. The molecule has 0 spiro atoms. The maximum atomic E-state index is 10.1. The first-order chi connectivity index (χ1) is 10.6. The van der Waals surface area contributed by atoms with Crippen LogP contribution in [0.5, 0.6) is 0 Å². The monoisotopic (exact) mass is 341 g/mol. The third kappa shape index (κ3) is 6.81. The highest BCUT2D eigenvalue weighted by Gasteiger charge is 2.39. The molecule has 4 N–H and O–H groups in total. The van der Waals surface area contributed by atoms with E-state index in [1.165, 1.54) is 0 Å². The van der Waals surface area contributed by atoms with Gasteiger partial charge in [-0.1, -0.05) is 23.7 Å². The Morgan fingerprint density at radius 3 is 2.22 bits per heavy atom. The number of benzene rings is 1. The van der Waals surface area contributed by atoms with E-state index in [1.807, 2.05) is 24.3 Å². The summed E-state index contributed by atoms with van der Waals surface area (Å²) in [5.41, 5.74) is 1.04. The van der Waals surface area contributed by atoms with Crippen LogP contribution in [0.25, 0.3) is 0 Å². The number of nitrogens with one attached hydrogen (secondary N) is 1. The van der Waals surface area contributed by atoms with Gasteiger partial charge in [0.05, 0.1) is 6.10 Å². The minimum absolute atomic E-state index is 0.151. The van der Waals surface area contributed by atoms with Crippen LogP contribution in [0.15, 0.2) is 36.4 Å². The number of rotatable bonds is 4. The van der Waals surface area contributed by atoms with Gasteiger partial charge in [0.15, 0.2) is 0 Å². The molecule has 0 aliphatic carbocycles. The molecule has 1 fully saturated rings. The SMILES string of the molecule is CC1(C)CC([C@@H](O)c2cccc(Cl)c2)N1.O=C(O)/C=C\C(=O)O. The lowest BCUT2D eigenvalue weighted by atomic mass is 9.81. The molecule has 0 saturated carbocycles. The summed E-state index contributed by atoms with van der Waals surface area (Å²) in [4.78, 5) is 19.1. The zero-order valence-corrected chi connectivity index (χ0v) is 13.6. The van der Waals surface area contributed by atoms with Gasteiger partial charge in [0, 0.05) is 28.8 Å². The average molecular weight is 342 g/mol. The van der Waals surface area contributed by atoms with Crippen LogP contribution in [0.1, 0.15) is 31.9 Å². The minimum atomic E-state index is -1.26. The lowest BCUT2D eigenvalue weighted by molar-refractivity contribution is -0.134. The van der Waals surface area contributed by atoms with Crippen molar-refractivity contribution in [2.75, 3.05) is 0 Å². The molecule has 1 aliphatic rings. The largest absolute Gasteiger partial charge is 0.478 e. The van der Waals surface area contributed by atoms with Gasteiger partial charge in [-0.25, -0.2) is 9.59 Å². The summed E-state index contributed by atoms with van der Waals surface area (Å²) in [5, 5.41) is 29.7. The molecule has 1 saturated heterocycles. The molecular formula is C16H20ClNO5. The Bertz CT molecular complexity index is 576. The highest BCUT2D eigenvalue weighted by molar-refractivity contribution is 6.30. The van der Waals surface area contributed by atoms with Crippen molar-refractivity contribution in [2.24, 2.45) is 0 Å². The fourth-order valence-corrected chi connectivity index (χ4v) is 2.49. The summed E-state index contributed by atoms with van der Waals surface area (Å²) in [6.07, 6.45) is 1.64. The highest BCUT2D eigenvalue weighted by Crippen LogP contribution is 2.32. The van der Waals surface area contributed by atoms with Gasteiger partial charge in [0.25, 0.3) is 0 Å². The van der Waals surface area contributed by atoms with E-state index in [1.54, 1.807) is 0 Å². The smallest absolute Gasteiger partial charge is 0.328 e. The minimum Gasteiger partial charge on any atom is -0.478 e. The van der Waals surface area contributed by atoms with Crippen molar-refractivity contribution < 1.29 is 24.9 Å². The van der Waals surface area contributed by atoms with E-state index in [0.717, 1.165) is 12.0 Å². The van der Waals surface area contributed by atoms with E-state index < -0.39 is 18.0 Å². The molecule has 2 rings (SSSR count). The second-order valence-electron chi connectivity index (χ2n) is 5.85. The molecule has 1 aliphatic heterocycles. The lowest BCUT2D eigenvalue weighted by Crippen LogP contribution is -2.61. The summed E-state index contributed by atoms with van der Waals surface area (Å²) < 4.78 is 0. The fraction of sp³-hybridized carbons (Fsp3) is 0.375. The van der Waals surface area contributed by atoms with E-state index in [-0.39, 0.29) is 11.6 Å². The summed E-state index contributed by atoms with van der Waals surface area (Å²) in [6, 6.07) is 7.56. The van der Waals surface area contributed by atoms with E-state index in [9.17, 15) is 14.7 Å². The molecular weight excluding hydrogens is 322 g/mol. The van der Waals surface area contributed by atoms with Gasteiger partial charge in [-0.15, -0.1) is 0 Å². The van der Waals surface area contributed by atoms with Crippen LogP contribution in [-0.2, 0) is 9.59 Å². The third-order valence-corrected chi connectivity index (χ3v) is 3.48. The normalized spacial score (nSPS) is 20.1. The van der Waals surface area contributed by atoms with Crippen LogP contribution in [0.2, 0.25) is 5.02 Å². The van der Waals surface area contributed by atoms with E-state index >= 15 is 0 Å². The number of aliphatic carboxylic acids is 2. The zero-order chi connectivity index (χ0) is 17.6. The third-order valence-electron chi connectivity index (χ3n) is 3.25. The van der Waals surface area contributed by atoms with Crippen molar-refractivity contribution in [1.29, 1.82) is 0 Å². The molecule has 6 nitrogen and oxygen atoms in total. The molecule has 7 heteroatoms. The second kappa shape index (κ2) is 8.10. The molecule has 23 heavy (non-hydrogen) atoms. The van der Waals surface area contributed by atoms with E-state index in [2.05, 4.69) is 19.2 Å². The van der Waals surface area contributed by atoms with Crippen LogP contribution in [0.4, 0.5) is 0 Å². The maximum absolute atomic E-state index is 10.1. The van der Waals surface area contributed by atoms with Crippen LogP contribution < -0.4 is 5.32 Å². The average Bonchev–Trinajstić information content (AvgIpc) is 2.42. The van der Waals surface area contributed by atoms with Crippen LogP contribution >= 0.6 is 11.6 Å². The van der Waals surface area contributed by atoms with Gasteiger partial charge in [-0.3, -0.25) is 0 Å². The van der Waals surface area contributed by atoms with Gasteiger partial charge >= 0.3 is 11.9 Å². The molecule has 0 radical (unpaired) electrons. The molecule has 1 aromatic carbocycles. The Morgan fingerprint density at radius 2 is 1.83 bits per heavy atom. The van der Waals surface area contributed by atoms with Crippen LogP contribution in [0.3, 0.4) is 0 Å². The van der Waals surface area contributed by atoms with Gasteiger partial charge in [0.2, 0.25) is 0 Å². The number of aliphatic hydroxyl groups is 1. The number of carbonyl (C=O) groups is 2. The fourth-order valence-electron chi connectivity index (χ4n) is 2.29. The molecule has 2 atom stereocenters. The summed E-state index contributed by atoms with van der Waals surface area (Å²) >= 11 is 5.88. The number of hydrogen-bond donors (Lipinski definition) is 4. The van der Waals surface area contributed by atoms with Gasteiger partial charge in [-0.05, 0) is 38.0 Å². The molecule has 0 aromatic heterocycles. The van der Waals surface area contributed by atoms with E-state index in [0.29, 0.717) is 17.2 Å². The first kappa shape index (κ1) is 19.2. The van der Waals surface area contributed by atoms with Crippen LogP contribution in [0, 0.1) is 0 Å². The molecule has 0 amide bonds. The summed E-state index contributed by atoms with van der Waals surface area (Å²) in [5.74, 6) is -2.51. The topological polar surface area (TPSA) is 107 Å². The predicted molar refractivity (Wildman–Crippen MR) is 86.4 cm³/mol. The van der Waals surface area contributed by atoms with Crippen molar-refractivity contribution in [3.05, 3.63) is 47.0 Å². The predicted octanol–water partition coefficient (Wildman–Crippen LogP) is 2.23. The Kier molecular flexibility index (Phi) is 6.75. The van der Waals surface area contributed by atoms with Crippen molar-refractivity contribution in [1.82, 2.24) is 5.32 Å². The second-order valence-corrected chi connectivity index (χ2v) is 6.28. The maximum Gasteiger partial charge on any atom is 0.328 e. The first-order valence-electron chi connectivity index (χ1n) is 6.96. The van der Waals surface area contributed by atoms with E-state index in [4.69, 9.17) is 21.8 Å². The number of carboxylic acid groups (broad SMARTS) is 2. The van der Waals surface area contributed by atoms with Crippen molar-refractivity contribution in [2.45, 2.75) is 38.0 Å². The Labute approximate surface area is 139 Å². The van der Waals surface area contributed by atoms with Gasteiger partial charge in [-0.2, -0.15) is 0 Å². The molecule has 1 aromatic rings. The zero-order valence-electron chi connectivity index (χ0n) is 12.9. The van der Waals surface area contributed by atoms with Gasteiger partial charge in [0.1, 0.15) is 0 Å². The Hall–Kier alpha value is -1.89. The summed E-state index contributed by atoms with van der Waals surface area (Å²) in [6.45, 7) is 4.27. The quantitative estimate of drug-likeness (QED) is 0.626. The Balaban J connectivity index is 0.000000284. The molecule has 0 bridgehead atoms. The number of carboxylic acids is 2. The van der Waals surface area contributed by atoms with Crippen molar-refractivity contribution in [3.8, 4) is 0 Å². The van der Waals surface area contributed by atoms with Gasteiger partial charge < -0.3 is 20.6 Å². The lowest BCUT2D eigenvalue weighted by Gasteiger charge is -2.46. The summed E-state index contributed by atoms with van der Waals surface area (Å²) in [7, 11) is 0. The highest BCUT2D eigenvalue weighted by atomic mass is 35.5. The number of aliphatic hydroxyl groups excluding tert-OH is 1. The standard InChI is InChI=1S/C12H16ClNO.C4H4O4/c1-12(2)7-10(14-12)11(15)8-4-3-5-9(13)6-8;5-3(6)1-2-4(7)8/h3-6,10-11,14-15H,7H2,1-2H3;1-2H,(H,5,6)(H,7,8)/b;2-1-/t10?,11-;/m0./s1. The number of hydrogen-bond acceptors (Lipinski definition) is 4. The number of halogens is 1. The van der Waals surface area contributed by atoms with Crippen molar-refractivity contribution in [3.63, 3.8) is 0 Å². The molecule has 126 valence electrons.